The molecule has 2 radical (unpaired) electrons. The molecule has 0 aliphatic rings. The Labute approximate surface area is 61.3 Å². The summed E-state index contributed by atoms with van der Waals surface area (Å²) in [4.78, 5) is 0. The molecule has 1 aromatic carbocycles. The third kappa shape index (κ3) is 1.58. The standard InChI is InChI=1S/C9H10O/c1-8(7-10)9-5-3-2-4-6-9/h1-6,8,10H,7H2. The minimum atomic E-state index is -0.235. The van der Waals surface area contributed by atoms with Crippen molar-refractivity contribution < 1.29 is 5.11 Å². The molecule has 1 nitrogen and oxygen atoms in total. The van der Waals surface area contributed by atoms with Gasteiger partial charge < -0.3 is 5.11 Å². The van der Waals surface area contributed by atoms with Gasteiger partial charge in [-0.2, -0.15) is 0 Å². The SMILES string of the molecule is [CH]C(CO)c1ccccc1. The second kappa shape index (κ2) is 3.37. The van der Waals surface area contributed by atoms with E-state index in [-0.39, 0.29) is 12.5 Å². The van der Waals surface area contributed by atoms with Gasteiger partial charge in [0.25, 0.3) is 0 Å². The fourth-order valence-corrected chi connectivity index (χ4v) is 0.806. The van der Waals surface area contributed by atoms with Crippen LogP contribution < -0.4 is 0 Å². The molecular formula is C9H10O. The lowest BCUT2D eigenvalue weighted by molar-refractivity contribution is 0.282. The zero-order valence-electron chi connectivity index (χ0n) is 5.70. The van der Waals surface area contributed by atoms with E-state index in [0.717, 1.165) is 5.56 Å². The van der Waals surface area contributed by atoms with Crippen LogP contribution in [-0.4, -0.2) is 11.7 Å². The van der Waals surface area contributed by atoms with Crippen LogP contribution in [0.3, 0.4) is 0 Å². The van der Waals surface area contributed by atoms with Crippen molar-refractivity contribution in [3.63, 3.8) is 0 Å². The van der Waals surface area contributed by atoms with Gasteiger partial charge in [0.15, 0.2) is 0 Å². The van der Waals surface area contributed by atoms with Gasteiger partial charge in [0.2, 0.25) is 0 Å². The van der Waals surface area contributed by atoms with E-state index in [1.807, 2.05) is 30.3 Å². The van der Waals surface area contributed by atoms with Crippen LogP contribution in [-0.2, 0) is 0 Å². The number of aliphatic hydroxyl groups is 1. The quantitative estimate of drug-likeness (QED) is 0.649. The summed E-state index contributed by atoms with van der Waals surface area (Å²) < 4.78 is 0. The number of benzene rings is 1. The molecule has 0 aliphatic carbocycles. The Bertz CT molecular complexity index is 181. The summed E-state index contributed by atoms with van der Waals surface area (Å²) in [7, 11) is 0. The van der Waals surface area contributed by atoms with Crippen LogP contribution in [0.5, 0.6) is 0 Å². The predicted molar refractivity (Wildman–Crippen MR) is 40.6 cm³/mol. The number of rotatable bonds is 2. The summed E-state index contributed by atoms with van der Waals surface area (Å²) in [6.07, 6.45) is 0. The maximum atomic E-state index is 8.66. The molecule has 0 aliphatic heterocycles. The van der Waals surface area contributed by atoms with Gasteiger partial charge in [-0.25, -0.2) is 0 Å². The van der Waals surface area contributed by atoms with Crippen molar-refractivity contribution in [1.82, 2.24) is 0 Å². The fraction of sp³-hybridized carbons (Fsp3) is 0.222. The van der Waals surface area contributed by atoms with E-state index in [9.17, 15) is 0 Å². The first-order valence-corrected chi connectivity index (χ1v) is 3.26. The molecule has 0 heterocycles. The molecule has 0 amide bonds. The second-order valence-electron chi connectivity index (χ2n) is 2.20. The molecule has 1 unspecified atom stereocenters. The molecule has 1 rings (SSSR count). The third-order valence-electron chi connectivity index (χ3n) is 1.42. The Morgan fingerprint density at radius 1 is 1.30 bits per heavy atom. The molecule has 1 atom stereocenters. The van der Waals surface area contributed by atoms with Crippen LogP contribution in [0.1, 0.15) is 11.5 Å². The topological polar surface area (TPSA) is 20.2 Å². The van der Waals surface area contributed by atoms with E-state index < -0.39 is 0 Å². The first-order valence-electron chi connectivity index (χ1n) is 3.26. The van der Waals surface area contributed by atoms with Crippen molar-refractivity contribution in [2.24, 2.45) is 0 Å². The van der Waals surface area contributed by atoms with Gasteiger partial charge in [0.05, 0.1) is 6.61 Å². The van der Waals surface area contributed by atoms with Crippen molar-refractivity contribution in [2.75, 3.05) is 6.61 Å². The van der Waals surface area contributed by atoms with Crippen LogP contribution >= 0.6 is 0 Å². The lowest BCUT2D eigenvalue weighted by atomic mass is 10.0. The highest BCUT2D eigenvalue weighted by molar-refractivity contribution is 5.20. The van der Waals surface area contributed by atoms with Crippen molar-refractivity contribution >= 4 is 0 Å². The van der Waals surface area contributed by atoms with E-state index in [4.69, 9.17) is 12.0 Å². The maximum Gasteiger partial charge on any atom is 0.0502 e. The monoisotopic (exact) mass is 134 g/mol. The molecule has 1 N–H and O–H groups in total. The van der Waals surface area contributed by atoms with Crippen molar-refractivity contribution in [3.8, 4) is 0 Å². The van der Waals surface area contributed by atoms with Crippen molar-refractivity contribution in [1.29, 1.82) is 0 Å². The summed E-state index contributed by atoms with van der Waals surface area (Å²) in [5.41, 5.74) is 0.977. The molecule has 52 valence electrons. The average molecular weight is 134 g/mol. The van der Waals surface area contributed by atoms with Gasteiger partial charge in [-0.15, -0.1) is 0 Å². The van der Waals surface area contributed by atoms with Crippen LogP contribution in [0.25, 0.3) is 0 Å². The summed E-state index contributed by atoms with van der Waals surface area (Å²) in [6.45, 7) is 5.55. The Morgan fingerprint density at radius 2 is 1.90 bits per heavy atom. The average Bonchev–Trinajstić information content (AvgIpc) is 2.05. The zero-order chi connectivity index (χ0) is 7.40. The molecule has 0 fully saturated rings. The van der Waals surface area contributed by atoms with E-state index in [0.29, 0.717) is 0 Å². The number of hydrogen-bond donors (Lipinski definition) is 1. The van der Waals surface area contributed by atoms with Gasteiger partial charge >= 0.3 is 0 Å². The van der Waals surface area contributed by atoms with Gasteiger partial charge in [-0.1, -0.05) is 30.3 Å². The minimum absolute atomic E-state index is 0.00398. The van der Waals surface area contributed by atoms with Crippen LogP contribution in [0.4, 0.5) is 0 Å². The summed E-state index contributed by atoms with van der Waals surface area (Å²) in [6, 6.07) is 9.55. The molecular weight excluding hydrogens is 124 g/mol. The number of aliphatic hydroxyl groups excluding tert-OH is 1. The summed E-state index contributed by atoms with van der Waals surface area (Å²) >= 11 is 0. The molecule has 0 bridgehead atoms. The molecule has 0 saturated carbocycles. The fourth-order valence-electron chi connectivity index (χ4n) is 0.806. The highest BCUT2D eigenvalue weighted by atomic mass is 16.3. The lowest BCUT2D eigenvalue weighted by Gasteiger charge is -2.05. The summed E-state index contributed by atoms with van der Waals surface area (Å²) in [5.74, 6) is -0.235. The molecule has 0 spiro atoms. The molecule has 1 aromatic rings. The molecule has 10 heavy (non-hydrogen) atoms. The highest BCUT2D eigenvalue weighted by Crippen LogP contribution is 2.11. The minimum Gasteiger partial charge on any atom is -0.396 e. The van der Waals surface area contributed by atoms with Gasteiger partial charge in [0, 0.05) is 5.92 Å². The van der Waals surface area contributed by atoms with Gasteiger partial charge in [-0.05, 0) is 12.5 Å². The second-order valence-corrected chi connectivity index (χ2v) is 2.20. The third-order valence-corrected chi connectivity index (χ3v) is 1.42. The number of hydrogen-bond acceptors (Lipinski definition) is 1. The Morgan fingerprint density at radius 3 is 2.40 bits per heavy atom. The van der Waals surface area contributed by atoms with E-state index in [2.05, 4.69) is 0 Å². The largest absolute Gasteiger partial charge is 0.396 e. The normalized spacial score (nSPS) is 13.0. The van der Waals surface area contributed by atoms with Crippen LogP contribution in [0.2, 0.25) is 0 Å². The zero-order valence-corrected chi connectivity index (χ0v) is 5.70. The smallest absolute Gasteiger partial charge is 0.0502 e. The Balaban J connectivity index is 2.75. The van der Waals surface area contributed by atoms with Crippen LogP contribution in [0.15, 0.2) is 30.3 Å². The molecule has 0 saturated heterocycles. The predicted octanol–water partition coefficient (Wildman–Crippen LogP) is 1.47. The van der Waals surface area contributed by atoms with E-state index >= 15 is 0 Å². The molecule has 1 heteroatoms. The lowest BCUT2D eigenvalue weighted by Crippen LogP contribution is -1.97. The Kier molecular flexibility index (Phi) is 2.46. The van der Waals surface area contributed by atoms with Gasteiger partial charge in [0.1, 0.15) is 0 Å². The highest BCUT2D eigenvalue weighted by Gasteiger charge is 2.00. The van der Waals surface area contributed by atoms with Crippen molar-refractivity contribution in [3.05, 3.63) is 42.8 Å². The molecule has 0 aromatic heterocycles. The first kappa shape index (κ1) is 7.29. The van der Waals surface area contributed by atoms with E-state index in [1.165, 1.54) is 0 Å². The van der Waals surface area contributed by atoms with Crippen LogP contribution in [0, 0.1) is 6.92 Å². The maximum absolute atomic E-state index is 8.66. The summed E-state index contributed by atoms with van der Waals surface area (Å²) in [5, 5.41) is 8.66. The first-order chi connectivity index (χ1) is 4.84. The van der Waals surface area contributed by atoms with E-state index in [1.54, 1.807) is 0 Å². The van der Waals surface area contributed by atoms with Gasteiger partial charge in [-0.3, -0.25) is 0 Å². The van der Waals surface area contributed by atoms with Crippen molar-refractivity contribution in [2.45, 2.75) is 5.92 Å². The Hall–Kier alpha value is -0.820.